The summed E-state index contributed by atoms with van der Waals surface area (Å²) in [6.07, 6.45) is 3.58. The third kappa shape index (κ3) is 4.50. The van der Waals surface area contributed by atoms with E-state index in [1.54, 1.807) is 39.3 Å². The Hall–Kier alpha value is -4.92. The Morgan fingerprint density at radius 3 is 2.39 bits per heavy atom. The van der Waals surface area contributed by atoms with Crippen LogP contribution in [0, 0.1) is 0 Å². The molecule has 0 aliphatic carbocycles. The van der Waals surface area contributed by atoms with Gasteiger partial charge in [-0.2, -0.15) is 5.10 Å². The molecule has 0 unspecified atom stereocenters. The van der Waals surface area contributed by atoms with E-state index in [1.165, 1.54) is 0 Å². The Kier molecular flexibility index (Phi) is 6.90. The highest BCUT2D eigenvalue weighted by Gasteiger charge is 2.31. The molecule has 38 heavy (non-hydrogen) atoms. The number of anilines is 2. The Balaban J connectivity index is 1.65. The minimum Gasteiger partial charge on any atom is -0.497 e. The second-order valence-corrected chi connectivity index (χ2v) is 8.48. The van der Waals surface area contributed by atoms with Gasteiger partial charge in [-0.1, -0.05) is 30.3 Å². The summed E-state index contributed by atoms with van der Waals surface area (Å²) in [4.78, 5) is 13.3. The normalized spacial score (nSPS) is 14.0. The van der Waals surface area contributed by atoms with Crippen LogP contribution in [0.25, 0.3) is 5.70 Å². The van der Waals surface area contributed by atoms with Crippen molar-refractivity contribution in [3.8, 4) is 23.0 Å². The van der Waals surface area contributed by atoms with Crippen molar-refractivity contribution in [2.45, 2.75) is 6.04 Å². The Bertz CT molecular complexity index is 1500. The molecule has 2 heterocycles. The second-order valence-electron chi connectivity index (χ2n) is 8.48. The largest absolute Gasteiger partial charge is 0.497 e. The van der Waals surface area contributed by atoms with Crippen LogP contribution >= 0.6 is 0 Å². The highest BCUT2D eigenvalue weighted by Crippen LogP contribution is 2.46. The molecule has 1 amide bonds. The first kappa shape index (κ1) is 24.8. The van der Waals surface area contributed by atoms with Gasteiger partial charge in [0, 0.05) is 22.5 Å². The molecule has 2 N–H and O–H groups in total. The molecule has 0 saturated heterocycles. The van der Waals surface area contributed by atoms with Crippen LogP contribution in [0.1, 0.15) is 27.5 Å². The summed E-state index contributed by atoms with van der Waals surface area (Å²) in [7, 11) is 6.35. The number of aromatic nitrogens is 2. The molecule has 1 atom stereocenters. The third-order valence-corrected chi connectivity index (χ3v) is 6.35. The molecular weight excluding hydrogens is 484 g/mol. The fourth-order valence-corrected chi connectivity index (χ4v) is 4.52. The quantitative estimate of drug-likeness (QED) is 0.334. The average molecular weight is 513 g/mol. The molecule has 3 aromatic carbocycles. The van der Waals surface area contributed by atoms with E-state index >= 15 is 0 Å². The van der Waals surface area contributed by atoms with E-state index in [0.29, 0.717) is 40.1 Å². The van der Waals surface area contributed by atoms with E-state index in [4.69, 9.17) is 18.9 Å². The Labute approximate surface area is 220 Å². The highest BCUT2D eigenvalue weighted by molar-refractivity contribution is 6.08. The van der Waals surface area contributed by atoms with Crippen LogP contribution in [0.3, 0.4) is 0 Å². The number of nitrogens with one attached hydrogen (secondary N) is 2. The van der Waals surface area contributed by atoms with Gasteiger partial charge < -0.3 is 29.6 Å². The van der Waals surface area contributed by atoms with Crippen molar-refractivity contribution in [2.75, 3.05) is 39.1 Å². The summed E-state index contributed by atoms with van der Waals surface area (Å²) < 4.78 is 24.1. The van der Waals surface area contributed by atoms with Gasteiger partial charge in [0.15, 0.2) is 11.5 Å². The van der Waals surface area contributed by atoms with Gasteiger partial charge >= 0.3 is 0 Å². The number of methoxy groups -OCH3 is 4. The van der Waals surface area contributed by atoms with Gasteiger partial charge in [0.1, 0.15) is 23.2 Å². The predicted molar refractivity (Wildman–Crippen MR) is 145 cm³/mol. The number of amides is 1. The standard InChI is InChI=1S/C29H28N4O5/c1-35-20-12-8-9-18(15-20)23-16-24(21-13-14-25(36-2)27(38-4)26(21)37-3)33-28(32-23)22(17-30-33)29(34)31-19-10-6-5-7-11-19/h5-17,24,32H,1-4H3,(H,31,34)/t24-/m0/s1. The number of allylic oxidation sites excluding steroid dienone is 1. The fourth-order valence-electron chi connectivity index (χ4n) is 4.52. The van der Waals surface area contributed by atoms with Crippen molar-refractivity contribution in [1.29, 1.82) is 0 Å². The first-order valence-corrected chi connectivity index (χ1v) is 11.9. The Morgan fingerprint density at radius 1 is 0.895 bits per heavy atom. The average Bonchev–Trinajstić information content (AvgIpc) is 3.40. The number of rotatable bonds is 8. The number of para-hydroxylation sites is 1. The van der Waals surface area contributed by atoms with E-state index in [-0.39, 0.29) is 5.91 Å². The number of carbonyl (C=O) groups is 1. The molecule has 0 bridgehead atoms. The maximum atomic E-state index is 13.3. The molecular formula is C29H28N4O5. The summed E-state index contributed by atoms with van der Waals surface area (Å²) in [5, 5.41) is 11.0. The van der Waals surface area contributed by atoms with E-state index in [0.717, 1.165) is 16.8 Å². The minimum atomic E-state index is -0.430. The van der Waals surface area contributed by atoms with Gasteiger partial charge in [-0.3, -0.25) is 4.79 Å². The zero-order valence-electron chi connectivity index (χ0n) is 21.5. The Morgan fingerprint density at radius 2 is 1.68 bits per heavy atom. The van der Waals surface area contributed by atoms with Crippen LogP contribution in [0.4, 0.5) is 11.5 Å². The van der Waals surface area contributed by atoms with Crippen molar-refractivity contribution < 1.29 is 23.7 Å². The molecule has 0 radical (unpaired) electrons. The third-order valence-electron chi connectivity index (χ3n) is 6.35. The van der Waals surface area contributed by atoms with Crippen LogP contribution in [0.5, 0.6) is 23.0 Å². The maximum absolute atomic E-state index is 13.3. The molecule has 1 aliphatic rings. The molecule has 0 fully saturated rings. The number of carbonyl (C=O) groups excluding carboxylic acids is 1. The second kappa shape index (κ2) is 10.6. The minimum absolute atomic E-state index is 0.283. The van der Waals surface area contributed by atoms with Crippen LogP contribution in [-0.4, -0.2) is 44.1 Å². The van der Waals surface area contributed by atoms with Crippen molar-refractivity contribution in [3.63, 3.8) is 0 Å². The van der Waals surface area contributed by atoms with Gasteiger partial charge in [0.2, 0.25) is 5.75 Å². The van der Waals surface area contributed by atoms with Gasteiger partial charge in [0.05, 0.1) is 34.6 Å². The van der Waals surface area contributed by atoms with Gasteiger partial charge in [0.25, 0.3) is 5.91 Å². The zero-order chi connectivity index (χ0) is 26.6. The zero-order valence-corrected chi connectivity index (χ0v) is 21.5. The van der Waals surface area contributed by atoms with Crippen LogP contribution in [-0.2, 0) is 0 Å². The maximum Gasteiger partial charge on any atom is 0.261 e. The molecule has 194 valence electrons. The fraction of sp³-hybridized carbons (Fsp3) is 0.172. The lowest BCUT2D eigenvalue weighted by Crippen LogP contribution is -2.22. The molecule has 0 spiro atoms. The lowest BCUT2D eigenvalue weighted by molar-refractivity contribution is 0.102. The van der Waals surface area contributed by atoms with Crippen LogP contribution in [0.2, 0.25) is 0 Å². The van der Waals surface area contributed by atoms with Gasteiger partial charge in [-0.25, -0.2) is 4.68 Å². The number of benzene rings is 3. The number of ether oxygens (including phenoxy) is 4. The first-order valence-electron chi connectivity index (χ1n) is 11.9. The predicted octanol–water partition coefficient (Wildman–Crippen LogP) is 5.23. The van der Waals surface area contributed by atoms with Crippen molar-refractivity contribution >= 4 is 23.1 Å². The molecule has 9 heteroatoms. The number of hydrogen-bond acceptors (Lipinski definition) is 7. The molecule has 5 rings (SSSR count). The van der Waals surface area contributed by atoms with Crippen LogP contribution in [0.15, 0.2) is 79.0 Å². The highest BCUT2D eigenvalue weighted by atomic mass is 16.5. The summed E-state index contributed by atoms with van der Waals surface area (Å²) in [6.45, 7) is 0. The summed E-state index contributed by atoms with van der Waals surface area (Å²) in [5.41, 5.74) is 3.54. The van der Waals surface area contributed by atoms with Gasteiger partial charge in [-0.05, 0) is 42.5 Å². The summed E-state index contributed by atoms with van der Waals surface area (Å²) in [5.74, 6) is 2.50. The molecule has 4 aromatic rings. The topological polar surface area (TPSA) is 95.9 Å². The molecule has 0 saturated carbocycles. The molecule has 1 aromatic heterocycles. The summed E-state index contributed by atoms with van der Waals surface area (Å²) >= 11 is 0. The number of fused-ring (bicyclic) bond motifs is 1. The van der Waals surface area contributed by atoms with Crippen LogP contribution < -0.4 is 29.6 Å². The van der Waals surface area contributed by atoms with Crippen molar-refractivity contribution in [1.82, 2.24) is 9.78 Å². The van der Waals surface area contributed by atoms with E-state index in [9.17, 15) is 4.79 Å². The van der Waals surface area contributed by atoms with E-state index < -0.39 is 6.04 Å². The van der Waals surface area contributed by atoms with Crippen molar-refractivity contribution in [3.05, 3.63) is 95.7 Å². The number of hydrogen-bond donors (Lipinski definition) is 2. The number of nitrogens with zero attached hydrogens (tertiary/aromatic N) is 2. The van der Waals surface area contributed by atoms with E-state index in [1.807, 2.05) is 72.8 Å². The lowest BCUT2D eigenvalue weighted by Gasteiger charge is -2.28. The first-order chi connectivity index (χ1) is 18.6. The smallest absolute Gasteiger partial charge is 0.261 e. The summed E-state index contributed by atoms with van der Waals surface area (Å²) in [6, 6.07) is 20.3. The monoisotopic (exact) mass is 512 g/mol. The molecule has 9 nitrogen and oxygen atoms in total. The SMILES string of the molecule is COc1cccc(C2=C[C@@H](c3ccc(OC)c(OC)c3OC)n3ncc(C(=O)Nc4ccccc4)c3N2)c1. The van der Waals surface area contributed by atoms with Gasteiger partial charge in [-0.15, -0.1) is 0 Å². The lowest BCUT2D eigenvalue weighted by atomic mass is 9.99. The van der Waals surface area contributed by atoms with E-state index in [2.05, 4.69) is 15.7 Å². The molecule has 1 aliphatic heterocycles. The van der Waals surface area contributed by atoms with Crippen molar-refractivity contribution in [2.24, 2.45) is 0 Å².